The molecule has 154 valence electrons. The smallest absolute Gasteiger partial charge is 0.250 e. The third-order valence-corrected chi connectivity index (χ3v) is 6.58. The van der Waals surface area contributed by atoms with Crippen LogP contribution in [0.5, 0.6) is 0 Å². The summed E-state index contributed by atoms with van der Waals surface area (Å²) in [5.41, 5.74) is 7.78. The second-order valence-electron chi connectivity index (χ2n) is 8.29. The Bertz CT molecular complexity index is 862. The summed E-state index contributed by atoms with van der Waals surface area (Å²) < 4.78 is 0. The molecular formula is C23H30N4O2. The predicted octanol–water partition coefficient (Wildman–Crippen LogP) is 2.29. The first kappa shape index (κ1) is 19.9. The molecular weight excluding hydrogens is 364 g/mol. The van der Waals surface area contributed by atoms with Crippen LogP contribution in [0.15, 0.2) is 54.6 Å². The lowest BCUT2D eigenvalue weighted by atomic mass is 9.69. The maximum absolute atomic E-state index is 11.9. The molecule has 6 nitrogen and oxygen atoms in total. The molecule has 29 heavy (non-hydrogen) atoms. The zero-order valence-corrected chi connectivity index (χ0v) is 16.9. The van der Waals surface area contributed by atoms with E-state index >= 15 is 0 Å². The summed E-state index contributed by atoms with van der Waals surface area (Å²) in [7, 11) is 0. The quantitative estimate of drug-likeness (QED) is 0.625. The van der Waals surface area contributed by atoms with Gasteiger partial charge in [-0.05, 0) is 49.9 Å². The van der Waals surface area contributed by atoms with E-state index in [1.807, 2.05) is 17.0 Å². The molecule has 5 N–H and O–H groups in total. The number of primary amides is 1. The summed E-state index contributed by atoms with van der Waals surface area (Å²) in [6.45, 7) is 3.71. The number of aliphatic hydroxyl groups is 1. The number of nitrogens with two attached hydrogens (primary N) is 1. The molecule has 2 aromatic rings. The lowest BCUT2D eigenvalue weighted by Crippen LogP contribution is -2.54. The van der Waals surface area contributed by atoms with E-state index in [4.69, 9.17) is 5.73 Å². The van der Waals surface area contributed by atoms with Crippen molar-refractivity contribution in [2.45, 2.75) is 50.0 Å². The van der Waals surface area contributed by atoms with Gasteiger partial charge in [0, 0.05) is 17.6 Å². The van der Waals surface area contributed by atoms with Gasteiger partial charge in [0.05, 0.1) is 11.3 Å². The van der Waals surface area contributed by atoms with E-state index in [1.165, 1.54) is 5.56 Å². The Morgan fingerprint density at radius 3 is 2.45 bits per heavy atom. The van der Waals surface area contributed by atoms with Crippen molar-refractivity contribution < 1.29 is 9.90 Å². The summed E-state index contributed by atoms with van der Waals surface area (Å²) in [6.07, 6.45) is 2.99. The van der Waals surface area contributed by atoms with Crippen molar-refractivity contribution in [3.8, 4) is 0 Å². The second-order valence-corrected chi connectivity index (χ2v) is 8.29. The Kier molecular flexibility index (Phi) is 5.34. The Morgan fingerprint density at radius 2 is 1.79 bits per heavy atom. The van der Waals surface area contributed by atoms with Crippen LogP contribution in [0.1, 0.15) is 48.5 Å². The molecule has 1 unspecified atom stereocenters. The van der Waals surface area contributed by atoms with Gasteiger partial charge in [-0.3, -0.25) is 10.1 Å². The van der Waals surface area contributed by atoms with Crippen molar-refractivity contribution in [3.05, 3.63) is 65.7 Å². The monoisotopic (exact) mass is 394 g/mol. The van der Waals surface area contributed by atoms with Crippen LogP contribution in [0.2, 0.25) is 0 Å². The normalized spacial score (nSPS) is 29.3. The van der Waals surface area contributed by atoms with Crippen molar-refractivity contribution in [3.63, 3.8) is 0 Å². The number of nitrogens with one attached hydrogen (secondary N) is 2. The number of hydrogen-bond acceptors (Lipinski definition) is 5. The molecule has 1 aliphatic heterocycles. The van der Waals surface area contributed by atoms with Gasteiger partial charge in [-0.1, -0.05) is 49.4 Å². The van der Waals surface area contributed by atoms with Crippen LogP contribution in [0.4, 0.5) is 5.69 Å². The zero-order chi connectivity index (χ0) is 20.5. The molecule has 1 heterocycles. The third-order valence-electron chi connectivity index (χ3n) is 6.58. The molecule has 1 spiro atoms. The van der Waals surface area contributed by atoms with Gasteiger partial charge >= 0.3 is 0 Å². The molecule has 6 heteroatoms. The van der Waals surface area contributed by atoms with E-state index in [2.05, 4.69) is 47.9 Å². The maximum Gasteiger partial charge on any atom is 0.250 e. The first-order valence-electron chi connectivity index (χ1n) is 10.4. The zero-order valence-electron chi connectivity index (χ0n) is 16.9. The molecule has 1 saturated carbocycles. The summed E-state index contributed by atoms with van der Waals surface area (Å²) in [4.78, 5) is 13.7. The van der Waals surface area contributed by atoms with Crippen LogP contribution in [0, 0.1) is 0 Å². The largest absolute Gasteiger partial charge is 0.366 e. The molecule has 1 aliphatic carbocycles. The summed E-state index contributed by atoms with van der Waals surface area (Å²) in [5.74, 6) is -0.479. The third kappa shape index (κ3) is 3.64. The number of para-hydroxylation sites is 1. The van der Waals surface area contributed by atoms with Gasteiger partial charge in [0.1, 0.15) is 0 Å². The molecule has 2 aliphatic rings. The van der Waals surface area contributed by atoms with E-state index in [0.717, 1.165) is 32.2 Å². The van der Waals surface area contributed by atoms with Crippen LogP contribution < -0.4 is 21.3 Å². The minimum Gasteiger partial charge on any atom is -0.366 e. The van der Waals surface area contributed by atoms with Crippen molar-refractivity contribution in [2.75, 3.05) is 18.0 Å². The van der Waals surface area contributed by atoms with E-state index < -0.39 is 12.3 Å². The lowest BCUT2D eigenvalue weighted by Gasteiger charge is -2.45. The fraction of sp³-hybridized carbons (Fsp3) is 0.435. The molecule has 2 aromatic carbocycles. The topological polar surface area (TPSA) is 90.6 Å². The van der Waals surface area contributed by atoms with Crippen LogP contribution in [0.25, 0.3) is 0 Å². The second kappa shape index (κ2) is 7.78. The van der Waals surface area contributed by atoms with Gasteiger partial charge in [-0.25, -0.2) is 0 Å². The molecule has 0 aromatic heterocycles. The number of rotatable bonds is 5. The number of benzene rings is 2. The summed E-state index contributed by atoms with van der Waals surface area (Å²) in [6, 6.07) is 17.9. The van der Waals surface area contributed by atoms with E-state index in [-0.39, 0.29) is 11.1 Å². The van der Waals surface area contributed by atoms with E-state index in [0.29, 0.717) is 17.8 Å². The van der Waals surface area contributed by atoms with E-state index in [1.54, 1.807) is 12.1 Å². The Balaban J connectivity index is 1.56. The number of aliphatic hydroxyl groups excluding tert-OH is 1. The summed E-state index contributed by atoms with van der Waals surface area (Å²) in [5, 5.41) is 17.9. The molecule has 4 rings (SSSR count). The highest BCUT2D eigenvalue weighted by molar-refractivity contribution is 5.98. The molecule has 0 radical (unpaired) electrons. The van der Waals surface area contributed by atoms with Gasteiger partial charge in [-0.15, -0.1) is 0 Å². The average molecular weight is 395 g/mol. The van der Waals surface area contributed by atoms with Crippen molar-refractivity contribution >= 4 is 11.6 Å². The highest BCUT2D eigenvalue weighted by Crippen LogP contribution is 2.44. The number of carbonyl (C=O) groups is 1. The SMILES string of the molecule is CCN[C@]1(c2ccccc2)CC[C@]2(CC1)CN(c1ccccc1C(N)=O)C(O)N2. The van der Waals surface area contributed by atoms with Crippen molar-refractivity contribution in [1.29, 1.82) is 0 Å². The fourth-order valence-electron chi connectivity index (χ4n) is 5.08. The van der Waals surface area contributed by atoms with Gasteiger partial charge in [-0.2, -0.15) is 0 Å². The first-order chi connectivity index (χ1) is 14.0. The van der Waals surface area contributed by atoms with Crippen LogP contribution in [-0.4, -0.2) is 36.0 Å². The number of hydrogen-bond donors (Lipinski definition) is 4. The standard InChI is InChI=1S/C23H30N4O2/c1-2-25-23(17-8-4-3-5-9-17)14-12-22(13-15-23)16-27(21(29)26-22)19-11-7-6-10-18(19)20(24)28/h3-11,21,25-26,29H,2,12-16H2,1H3,(H2,24,28)/t21?,22-,23+. The molecule has 1 amide bonds. The Labute approximate surface area is 172 Å². The maximum atomic E-state index is 11.9. The minimum atomic E-state index is -0.834. The number of nitrogens with zero attached hydrogens (tertiary/aromatic N) is 1. The number of carbonyl (C=O) groups excluding carboxylic acids is 1. The number of anilines is 1. The molecule has 2 fully saturated rings. The van der Waals surface area contributed by atoms with Crippen molar-refractivity contribution in [2.24, 2.45) is 5.73 Å². The Hall–Kier alpha value is -2.41. The molecule has 1 atom stereocenters. The highest BCUT2D eigenvalue weighted by atomic mass is 16.3. The van der Waals surface area contributed by atoms with E-state index in [9.17, 15) is 9.90 Å². The number of amides is 1. The lowest BCUT2D eigenvalue weighted by molar-refractivity contribution is 0.0998. The Morgan fingerprint density at radius 1 is 1.14 bits per heavy atom. The van der Waals surface area contributed by atoms with Crippen molar-refractivity contribution in [1.82, 2.24) is 10.6 Å². The molecule has 1 saturated heterocycles. The first-order valence-corrected chi connectivity index (χ1v) is 10.4. The van der Waals surface area contributed by atoms with Crippen LogP contribution in [-0.2, 0) is 5.54 Å². The van der Waals surface area contributed by atoms with Crippen LogP contribution in [0.3, 0.4) is 0 Å². The average Bonchev–Trinajstić information content (AvgIpc) is 3.07. The molecule has 0 bridgehead atoms. The van der Waals surface area contributed by atoms with Gasteiger partial charge in [0.15, 0.2) is 6.35 Å². The van der Waals surface area contributed by atoms with Crippen LogP contribution >= 0.6 is 0 Å². The fourth-order valence-corrected chi connectivity index (χ4v) is 5.08. The highest BCUT2D eigenvalue weighted by Gasteiger charge is 2.49. The minimum absolute atomic E-state index is 0.0353. The summed E-state index contributed by atoms with van der Waals surface area (Å²) >= 11 is 0. The van der Waals surface area contributed by atoms with Gasteiger partial charge < -0.3 is 21.1 Å². The predicted molar refractivity (Wildman–Crippen MR) is 114 cm³/mol. The van der Waals surface area contributed by atoms with Gasteiger partial charge in [0.25, 0.3) is 5.91 Å². The van der Waals surface area contributed by atoms with Gasteiger partial charge in [0.2, 0.25) is 0 Å².